The van der Waals surface area contributed by atoms with Crippen LogP contribution in [0, 0.1) is 5.82 Å². The maximum Gasteiger partial charge on any atom is 0.270 e. The maximum absolute atomic E-state index is 14.0. The minimum Gasteiger partial charge on any atom is -0.366 e. The Hall–Kier alpha value is -2.70. The molecule has 2 aromatic rings. The van der Waals surface area contributed by atoms with E-state index in [-0.39, 0.29) is 17.8 Å². The van der Waals surface area contributed by atoms with Gasteiger partial charge in [0.25, 0.3) is 5.91 Å². The Balaban J connectivity index is 1.37. The third-order valence-electron chi connectivity index (χ3n) is 5.87. The average molecular weight is 397 g/mol. The second-order valence-corrected chi connectivity index (χ2v) is 7.85. The summed E-state index contributed by atoms with van der Waals surface area (Å²) < 4.78 is 14.0. The van der Waals surface area contributed by atoms with Crippen molar-refractivity contribution in [1.82, 2.24) is 15.3 Å². The van der Waals surface area contributed by atoms with E-state index in [1.165, 1.54) is 38.1 Å². The van der Waals surface area contributed by atoms with E-state index >= 15 is 0 Å². The highest BCUT2D eigenvalue weighted by atomic mass is 19.1. The molecule has 1 aliphatic carbocycles. The topological polar surface area (TPSA) is 61.4 Å². The van der Waals surface area contributed by atoms with Gasteiger partial charge in [0.2, 0.25) is 0 Å². The minimum atomic E-state index is -0.194. The van der Waals surface area contributed by atoms with Gasteiger partial charge in [0.1, 0.15) is 23.7 Å². The van der Waals surface area contributed by atoms with Crippen molar-refractivity contribution < 1.29 is 9.18 Å². The van der Waals surface area contributed by atoms with Gasteiger partial charge in [-0.05, 0) is 25.0 Å². The molecule has 0 spiro atoms. The van der Waals surface area contributed by atoms with Crippen LogP contribution in [0.2, 0.25) is 0 Å². The number of benzene rings is 1. The van der Waals surface area contributed by atoms with Gasteiger partial charge in [-0.3, -0.25) is 4.79 Å². The number of hydrogen-bond donors (Lipinski definition) is 1. The Morgan fingerprint density at radius 3 is 2.38 bits per heavy atom. The summed E-state index contributed by atoms with van der Waals surface area (Å²) >= 11 is 0. The van der Waals surface area contributed by atoms with Crippen LogP contribution in [-0.2, 0) is 0 Å². The summed E-state index contributed by atoms with van der Waals surface area (Å²) in [7, 11) is 0. The molecule has 1 aliphatic heterocycles. The first-order valence-electron chi connectivity index (χ1n) is 10.6. The molecule has 1 aromatic heterocycles. The molecule has 1 saturated heterocycles. The van der Waals surface area contributed by atoms with E-state index in [9.17, 15) is 9.18 Å². The van der Waals surface area contributed by atoms with Crippen LogP contribution in [0.15, 0.2) is 36.7 Å². The second kappa shape index (κ2) is 9.20. The largest absolute Gasteiger partial charge is 0.366 e. The number of carbonyl (C=O) groups excluding carboxylic acids is 1. The van der Waals surface area contributed by atoms with Crippen molar-refractivity contribution in [3.63, 3.8) is 0 Å². The fourth-order valence-corrected chi connectivity index (χ4v) is 4.21. The molecule has 2 fully saturated rings. The van der Waals surface area contributed by atoms with E-state index in [1.807, 2.05) is 17.0 Å². The summed E-state index contributed by atoms with van der Waals surface area (Å²) in [4.78, 5) is 25.4. The molecule has 6 nitrogen and oxygen atoms in total. The number of aromatic nitrogens is 2. The number of hydrogen-bond acceptors (Lipinski definition) is 5. The number of halogens is 1. The summed E-state index contributed by atoms with van der Waals surface area (Å²) in [6.07, 6.45) is 8.40. The van der Waals surface area contributed by atoms with Crippen molar-refractivity contribution in [3.8, 4) is 0 Å². The molecule has 29 heavy (non-hydrogen) atoms. The number of nitrogens with one attached hydrogen (secondary N) is 1. The fraction of sp³-hybridized carbons (Fsp3) is 0.500. The van der Waals surface area contributed by atoms with Gasteiger partial charge in [0.15, 0.2) is 0 Å². The quantitative estimate of drug-likeness (QED) is 0.802. The summed E-state index contributed by atoms with van der Waals surface area (Å²) in [5.41, 5.74) is 1.05. The lowest BCUT2D eigenvalue weighted by atomic mass is 10.1. The first-order valence-corrected chi connectivity index (χ1v) is 10.6. The highest BCUT2D eigenvalue weighted by Crippen LogP contribution is 2.22. The van der Waals surface area contributed by atoms with Crippen LogP contribution >= 0.6 is 0 Å². The van der Waals surface area contributed by atoms with Crippen molar-refractivity contribution in [2.24, 2.45) is 0 Å². The first-order chi connectivity index (χ1) is 14.2. The number of anilines is 2. The van der Waals surface area contributed by atoms with Gasteiger partial charge in [0, 0.05) is 38.3 Å². The lowest BCUT2D eigenvalue weighted by Crippen LogP contribution is -2.47. The molecule has 0 radical (unpaired) electrons. The number of piperazine rings is 1. The lowest BCUT2D eigenvalue weighted by molar-refractivity contribution is 0.0928. The number of carbonyl (C=O) groups is 1. The van der Waals surface area contributed by atoms with E-state index < -0.39 is 0 Å². The fourth-order valence-electron chi connectivity index (χ4n) is 4.21. The Morgan fingerprint density at radius 1 is 0.966 bits per heavy atom. The zero-order valence-corrected chi connectivity index (χ0v) is 16.7. The van der Waals surface area contributed by atoms with E-state index in [0.717, 1.165) is 31.7 Å². The monoisotopic (exact) mass is 397 g/mol. The molecule has 0 atom stereocenters. The molecule has 2 aliphatic rings. The minimum absolute atomic E-state index is 0.120. The molecule has 1 amide bonds. The standard InChI is InChI=1S/C22H28FN5O/c23-18-9-5-6-10-20(18)27-11-13-28(14-12-27)21-15-19(24-16-25-21)22(29)26-17-7-3-1-2-4-8-17/h5-6,9-10,15-17H,1-4,7-8,11-14H2,(H,26,29). The summed E-state index contributed by atoms with van der Waals surface area (Å²) in [5.74, 6) is 0.435. The first kappa shape index (κ1) is 19.6. The highest BCUT2D eigenvalue weighted by molar-refractivity contribution is 5.93. The predicted octanol–water partition coefficient (Wildman–Crippen LogP) is 3.39. The summed E-state index contributed by atoms with van der Waals surface area (Å²) in [5, 5.41) is 3.14. The third-order valence-corrected chi connectivity index (χ3v) is 5.87. The molecular weight excluding hydrogens is 369 g/mol. The predicted molar refractivity (Wildman–Crippen MR) is 112 cm³/mol. The number of rotatable bonds is 4. The van der Waals surface area contributed by atoms with Gasteiger partial charge in [-0.1, -0.05) is 37.8 Å². The molecule has 2 heterocycles. The summed E-state index contributed by atoms with van der Waals surface area (Å²) in [6.45, 7) is 2.84. The van der Waals surface area contributed by atoms with E-state index in [2.05, 4.69) is 20.2 Å². The van der Waals surface area contributed by atoms with Crippen LogP contribution in [0.4, 0.5) is 15.9 Å². The molecular formula is C22H28FN5O. The van der Waals surface area contributed by atoms with Gasteiger partial charge < -0.3 is 15.1 Å². The Labute approximate surface area is 171 Å². The number of amides is 1. The van der Waals surface area contributed by atoms with Crippen molar-refractivity contribution in [2.45, 2.75) is 44.6 Å². The Kier molecular flexibility index (Phi) is 6.22. The Morgan fingerprint density at radius 2 is 1.66 bits per heavy atom. The van der Waals surface area contributed by atoms with Gasteiger partial charge in [-0.25, -0.2) is 14.4 Å². The zero-order valence-electron chi connectivity index (χ0n) is 16.7. The second-order valence-electron chi connectivity index (χ2n) is 7.85. The molecule has 4 rings (SSSR count). The van der Waals surface area contributed by atoms with E-state index in [1.54, 1.807) is 12.1 Å². The van der Waals surface area contributed by atoms with Crippen LogP contribution < -0.4 is 15.1 Å². The molecule has 1 aromatic carbocycles. The average Bonchev–Trinajstić information content (AvgIpc) is 3.03. The van der Waals surface area contributed by atoms with Gasteiger partial charge in [-0.2, -0.15) is 0 Å². The van der Waals surface area contributed by atoms with Crippen molar-refractivity contribution >= 4 is 17.4 Å². The van der Waals surface area contributed by atoms with E-state index in [4.69, 9.17) is 0 Å². The normalized spacial score (nSPS) is 18.4. The summed E-state index contributed by atoms with van der Waals surface area (Å²) in [6, 6.07) is 8.88. The molecule has 7 heteroatoms. The van der Waals surface area contributed by atoms with E-state index in [0.29, 0.717) is 24.5 Å². The highest BCUT2D eigenvalue weighted by Gasteiger charge is 2.22. The van der Waals surface area contributed by atoms with Crippen LogP contribution in [-0.4, -0.2) is 48.1 Å². The maximum atomic E-state index is 14.0. The molecule has 1 N–H and O–H groups in total. The van der Waals surface area contributed by atoms with Gasteiger partial charge in [-0.15, -0.1) is 0 Å². The molecule has 0 unspecified atom stereocenters. The SMILES string of the molecule is O=C(NC1CCCCCC1)c1cc(N2CCN(c3ccccc3F)CC2)ncn1. The molecule has 1 saturated carbocycles. The van der Waals surface area contributed by atoms with Crippen LogP contribution in [0.1, 0.15) is 49.0 Å². The zero-order chi connectivity index (χ0) is 20.1. The smallest absolute Gasteiger partial charge is 0.270 e. The molecule has 0 bridgehead atoms. The van der Waals surface area contributed by atoms with Crippen molar-refractivity contribution in [2.75, 3.05) is 36.0 Å². The van der Waals surface area contributed by atoms with Gasteiger partial charge in [0.05, 0.1) is 5.69 Å². The van der Waals surface area contributed by atoms with Crippen LogP contribution in [0.3, 0.4) is 0 Å². The van der Waals surface area contributed by atoms with Crippen LogP contribution in [0.5, 0.6) is 0 Å². The Bertz CT molecular complexity index is 829. The van der Waals surface area contributed by atoms with Gasteiger partial charge >= 0.3 is 0 Å². The van der Waals surface area contributed by atoms with Crippen molar-refractivity contribution in [3.05, 3.63) is 48.2 Å². The van der Waals surface area contributed by atoms with Crippen molar-refractivity contribution in [1.29, 1.82) is 0 Å². The molecule has 154 valence electrons. The lowest BCUT2D eigenvalue weighted by Gasteiger charge is -2.36. The van der Waals surface area contributed by atoms with Crippen LogP contribution in [0.25, 0.3) is 0 Å². The number of nitrogens with zero attached hydrogens (tertiary/aromatic N) is 4. The number of para-hydroxylation sites is 1. The third kappa shape index (κ3) is 4.83.